The lowest BCUT2D eigenvalue weighted by Gasteiger charge is -2.31. The molecule has 2 aliphatic heterocycles. The molecule has 2 rings (SSSR count). The minimum Gasteiger partial charge on any atom is -0.366 e. The normalized spacial score (nSPS) is 30.2. The number of hydrogen-bond donors (Lipinski definition) is 2. The number of nitrogens with zero attached hydrogens (tertiary/aromatic N) is 1. The zero-order valence-corrected chi connectivity index (χ0v) is 10.1. The van der Waals surface area contributed by atoms with Crippen molar-refractivity contribution in [3.63, 3.8) is 0 Å². The second-order valence-corrected chi connectivity index (χ2v) is 4.58. The molecule has 2 aliphatic rings. The Hall–Kier alpha value is -1.14. The van der Waals surface area contributed by atoms with Crippen LogP contribution in [0, 0.1) is 0 Å². The quantitative estimate of drug-likeness (QED) is 0.631. The van der Waals surface area contributed by atoms with Crippen LogP contribution in [-0.4, -0.2) is 62.1 Å². The van der Waals surface area contributed by atoms with Gasteiger partial charge in [-0.2, -0.15) is 0 Å². The first kappa shape index (κ1) is 12.3. The predicted molar refractivity (Wildman–Crippen MR) is 61.4 cm³/mol. The first-order chi connectivity index (χ1) is 8.16. The fourth-order valence-corrected chi connectivity index (χ4v) is 2.16. The number of piperidine rings is 1. The van der Waals surface area contributed by atoms with Crippen molar-refractivity contribution in [2.45, 2.75) is 25.0 Å². The SMILES string of the molecule is CN1CC(NC(=O)C2CNCCO2)CCC1=O. The number of rotatable bonds is 2. The molecule has 0 bridgehead atoms. The van der Waals surface area contributed by atoms with E-state index in [0.717, 1.165) is 13.0 Å². The number of ether oxygens (including phenoxy) is 1. The average Bonchev–Trinajstić information content (AvgIpc) is 2.35. The van der Waals surface area contributed by atoms with Gasteiger partial charge in [-0.25, -0.2) is 0 Å². The molecule has 0 aromatic carbocycles. The van der Waals surface area contributed by atoms with Crippen LogP contribution in [0.15, 0.2) is 0 Å². The molecule has 2 saturated heterocycles. The van der Waals surface area contributed by atoms with Crippen LogP contribution in [0.2, 0.25) is 0 Å². The summed E-state index contributed by atoms with van der Waals surface area (Å²) in [6.45, 7) is 2.52. The lowest BCUT2D eigenvalue weighted by molar-refractivity contribution is -0.138. The van der Waals surface area contributed by atoms with Crippen molar-refractivity contribution < 1.29 is 14.3 Å². The lowest BCUT2D eigenvalue weighted by Crippen LogP contribution is -2.54. The summed E-state index contributed by atoms with van der Waals surface area (Å²) < 4.78 is 5.37. The molecule has 0 aromatic rings. The number of amides is 2. The van der Waals surface area contributed by atoms with E-state index in [4.69, 9.17) is 4.74 Å². The number of morpholine rings is 1. The van der Waals surface area contributed by atoms with Gasteiger partial charge in [-0.15, -0.1) is 0 Å². The predicted octanol–water partition coefficient (Wildman–Crippen LogP) is -1.29. The molecule has 0 aliphatic carbocycles. The van der Waals surface area contributed by atoms with Crippen LogP contribution in [0.1, 0.15) is 12.8 Å². The number of likely N-dealkylation sites (tertiary alicyclic amines) is 1. The molecule has 0 aromatic heterocycles. The van der Waals surface area contributed by atoms with E-state index in [9.17, 15) is 9.59 Å². The lowest BCUT2D eigenvalue weighted by atomic mass is 10.1. The van der Waals surface area contributed by atoms with E-state index in [1.54, 1.807) is 11.9 Å². The molecule has 2 amide bonds. The van der Waals surface area contributed by atoms with Gasteiger partial charge in [0.1, 0.15) is 6.10 Å². The van der Waals surface area contributed by atoms with E-state index >= 15 is 0 Å². The maximum Gasteiger partial charge on any atom is 0.250 e. The van der Waals surface area contributed by atoms with Crippen LogP contribution < -0.4 is 10.6 Å². The summed E-state index contributed by atoms with van der Waals surface area (Å²) in [5, 5.41) is 6.06. The Labute approximate surface area is 101 Å². The van der Waals surface area contributed by atoms with Gasteiger partial charge < -0.3 is 20.3 Å². The molecule has 17 heavy (non-hydrogen) atoms. The summed E-state index contributed by atoms with van der Waals surface area (Å²) in [7, 11) is 1.76. The van der Waals surface area contributed by atoms with Crippen molar-refractivity contribution in [2.75, 3.05) is 33.3 Å². The van der Waals surface area contributed by atoms with Crippen molar-refractivity contribution in [2.24, 2.45) is 0 Å². The topological polar surface area (TPSA) is 70.7 Å². The Balaban J connectivity index is 1.80. The van der Waals surface area contributed by atoms with Gasteiger partial charge in [0, 0.05) is 39.1 Å². The standard InChI is InChI=1S/C11H19N3O3/c1-14-7-8(2-3-10(14)15)13-11(16)9-6-12-4-5-17-9/h8-9,12H,2-7H2,1H3,(H,13,16). The van der Waals surface area contributed by atoms with E-state index in [0.29, 0.717) is 26.1 Å². The van der Waals surface area contributed by atoms with Gasteiger partial charge in [0.25, 0.3) is 5.91 Å². The van der Waals surface area contributed by atoms with Crippen LogP contribution in [0.5, 0.6) is 0 Å². The Kier molecular flexibility index (Phi) is 3.96. The molecule has 0 saturated carbocycles. The summed E-state index contributed by atoms with van der Waals surface area (Å²) in [4.78, 5) is 24.8. The van der Waals surface area contributed by atoms with E-state index in [2.05, 4.69) is 10.6 Å². The summed E-state index contributed by atoms with van der Waals surface area (Å²) in [5.41, 5.74) is 0. The molecule has 2 N–H and O–H groups in total. The van der Waals surface area contributed by atoms with Gasteiger partial charge in [0.2, 0.25) is 5.91 Å². The minimum atomic E-state index is -0.397. The highest BCUT2D eigenvalue weighted by atomic mass is 16.5. The third-order valence-corrected chi connectivity index (χ3v) is 3.19. The first-order valence-electron chi connectivity index (χ1n) is 6.03. The van der Waals surface area contributed by atoms with Crippen molar-refractivity contribution in [3.8, 4) is 0 Å². The van der Waals surface area contributed by atoms with Crippen LogP contribution in [0.3, 0.4) is 0 Å². The molecular formula is C11H19N3O3. The number of carbonyl (C=O) groups is 2. The highest BCUT2D eigenvalue weighted by Crippen LogP contribution is 2.10. The molecule has 96 valence electrons. The van der Waals surface area contributed by atoms with Gasteiger partial charge in [-0.05, 0) is 6.42 Å². The third-order valence-electron chi connectivity index (χ3n) is 3.19. The summed E-state index contributed by atoms with van der Waals surface area (Å²) in [6, 6.07) is 0.0516. The van der Waals surface area contributed by atoms with Crippen LogP contribution in [0.25, 0.3) is 0 Å². The Morgan fingerprint density at radius 1 is 1.59 bits per heavy atom. The molecule has 2 fully saturated rings. The minimum absolute atomic E-state index is 0.0516. The van der Waals surface area contributed by atoms with Crippen molar-refractivity contribution in [1.82, 2.24) is 15.5 Å². The van der Waals surface area contributed by atoms with Gasteiger partial charge >= 0.3 is 0 Å². The van der Waals surface area contributed by atoms with Crippen molar-refractivity contribution in [3.05, 3.63) is 0 Å². The zero-order valence-electron chi connectivity index (χ0n) is 10.1. The molecule has 6 nitrogen and oxygen atoms in total. The van der Waals surface area contributed by atoms with Crippen molar-refractivity contribution in [1.29, 1.82) is 0 Å². The summed E-state index contributed by atoms with van der Waals surface area (Å²) in [5.74, 6) is 0.0658. The number of nitrogens with one attached hydrogen (secondary N) is 2. The summed E-state index contributed by atoms with van der Waals surface area (Å²) in [6.07, 6.45) is 0.826. The van der Waals surface area contributed by atoms with Crippen molar-refractivity contribution >= 4 is 11.8 Å². The largest absolute Gasteiger partial charge is 0.366 e. The second kappa shape index (κ2) is 5.46. The van der Waals surface area contributed by atoms with Gasteiger partial charge in [0.05, 0.1) is 6.61 Å². The Morgan fingerprint density at radius 3 is 3.06 bits per heavy atom. The highest BCUT2D eigenvalue weighted by Gasteiger charge is 2.28. The second-order valence-electron chi connectivity index (χ2n) is 4.58. The molecule has 2 atom stereocenters. The third kappa shape index (κ3) is 3.17. The van der Waals surface area contributed by atoms with Crippen LogP contribution in [0.4, 0.5) is 0 Å². The Bertz CT molecular complexity index is 302. The number of likely N-dealkylation sites (N-methyl/N-ethyl adjacent to an activating group) is 1. The van der Waals surface area contributed by atoms with E-state index in [1.165, 1.54) is 0 Å². The van der Waals surface area contributed by atoms with E-state index < -0.39 is 6.10 Å². The molecule has 6 heteroatoms. The monoisotopic (exact) mass is 241 g/mol. The Morgan fingerprint density at radius 2 is 2.41 bits per heavy atom. The van der Waals surface area contributed by atoms with Crippen LogP contribution in [-0.2, 0) is 14.3 Å². The van der Waals surface area contributed by atoms with Gasteiger partial charge in [-0.1, -0.05) is 0 Å². The first-order valence-corrected chi connectivity index (χ1v) is 6.03. The number of hydrogen-bond acceptors (Lipinski definition) is 4. The number of carbonyl (C=O) groups excluding carboxylic acids is 2. The molecule has 2 unspecified atom stereocenters. The van der Waals surface area contributed by atoms with Gasteiger partial charge in [0.15, 0.2) is 0 Å². The maximum absolute atomic E-state index is 11.9. The molecule has 0 spiro atoms. The fourth-order valence-electron chi connectivity index (χ4n) is 2.16. The highest BCUT2D eigenvalue weighted by molar-refractivity contribution is 5.82. The summed E-state index contributed by atoms with van der Waals surface area (Å²) >= 11 is 0. The average molecular weight is 241 g/mol. The van der Waals surface area contributed by atoms with Gasteiger partial charge in [-0.3, -0.25) is 9.59 Å². The zero-order chi connectivity index (χ0) is 12.3. The molecular weight excluding hydrogens is 222 g/mol. The fraction of sp³-hybridized carbons (Fsp3) is 0.818. The molecule has 0 radical (unpaired) electrons. The molecule has 2 heterocycles. The maximum atomic E-state index is 11.9. The van der Waals surface area contributed by atoms with Crippen LogP contribution >= 0.6 is 0 Å². The van der Waals surface area contributed by atoms with E-state index in [1.807, 2.05) is 0 Å². The van der Waals surface area contributed by atoms with E-state index in [-0.39, 0.29) is 17.9 Å². The smallest absolute Gasteiger partial charge is 0.250 e.